The summed E-state index contributed by atoms with van der Waals surface area (Å²) in [6, 6.07) is 11.1. The van der Waals surface area contributed by atoms with Crippen molar-refractivity contribution in [3.8, 4) is 17.6 Å². The van der Waals surface area contributed by atoms with Crippen LogP contribution in [0.25, 0.3) is 0 Å². The molecule has 324 valence electrons. The van der Waals surface area contributed by atoms with Crippen molar-refractivity contribution in [3.63, 3.8) is 0 Å². The van der Waals surface area contributed by atoms with Gasteiger partial charge in [-0.15, -0.1) is 6.54 Å². The molecule has 1 amide bonds. The zero-order valence-electron chi connectivity index (χ0n) is 35.9. The summed E-state index contributed by atoms with van der Waals surface area (Å²) in [6.07, 6.45) is 12.8. The van der Waals surface area contributed by atoms with Gasteiger partial charge in [-0.2, -0.15) is 5.26 Å². The third kappa shape index (κ3) is 8.50. The summed E-state index contributed by atoms with van der Waals surface area (Å²) < 4.78 is 10.8. The van der Waals surface area contributed by atoms with E-state index < -0.39 is 23.0 Å². The number of carbonyl (C=O) groups excluding carboxylic acids is 1. The number of carbonyl (C=O) groups is 1. The number of hydrazine groups is 2. The third-order valence-corrected chi connectivity index (χ3v) is 14.9. The van der Waals surface area contributed by atoms with Crippen molar-refractivity contribution in [1.29, 1.82) is 5.26 Å². The van der Waals surface area contributed by atoms with Gasteiger partial charge in [0.05, 0.1) is 35.5 Å². The van der Waals surface area contributed by atoms with Crippen LogP contribution >= 0.6 is 0 Å². The predicted molar refractivity (Wildman–Crippen MR) is 227 cm³/mol. The molecule has 2 aromatic rings. The van der Waals surface area contributed by atoms with Gasteiger partial charge in [-0.05, 0) is 113 Å². The number of quaternary nitrogens is 1. The van der Waals surface area contributed by atoms with Crippen molar-refractivity contribution >= 4 is 11.6 Å². The number of likely N-dealkylation sites (tertiary alicyclic amines) is 1. The van der Waals surface area contributed by atoms with E-state index in [0.717, 1.165) is 82.3 Å². The second-order valence-electron chi connectivity index (χ2n) is 18.6. The second kappa shape index (κ2) is 17.6. The molecular formula is C45H64N10O5. The molecule has 8 rings (SSSR count). The predicted octanol–water partition coefficient (Wildman–Crippen LogP) is 5.70. The lowest BCUT2D eigenvalue weighted by molar-refractivity contribution is -0.942. The number of pyridine rings is 1. The van der Waals surface area contributed by atoms with Crippen molar-refractivity contribution in [1.82, 2.24) is 31.5 Å². The summed E-state index contributed by atoms with van der Waals surface area (Å²) in [6.45, 7) is 11.9. The average molecular weight is 825 g/mol. The number of rotatable bonds is 10. The summed E-state index contributed by atoms with van der Waals surface area (Å²) in [5.74, 6) is 1.69. The minimum Gasteiger partial charge on any atom is -0.655 e. The number of methoxy groups -OCH3 is 1. The Hall–Kier alpha value is -4.20. The second-order valence-corrected chi connectivity index (χ2v) is 18.6. The quantitative estimate of drug-likeness (QED) is 0.100. The lowest BCUT2D eigenvalue weighted by atomic mass is 9.68. The van der Waals surface area contributed by atoms with Crippen LogP contribution in [-0.2, 0) is 4.79 Å². The molecule has 1 spiro atoms. The van der Waals surface area contributed by atoms with Crippen LogP contribution in [0.5, 0.6) is 11.5 Å². The molecule has 1 aromatic heterocycles. The standard InChI is InChI=1S/C45H64N10O5/c1-6-28(2)37-26-55(58)30(4)52-54(57)44(55)29(3)48-42(37)38-14-8-33(25-47-38)31-17-19-45(20-18-31)21-22-53(27-45)41-16-15-39(50-51-41)43(56)49-34-9-12-35(13-10-34)60-36-11-7-32(24-46)40(23-36)59-5/h7-8,11,14,23,25-26,28-31,34-35,37,39,41,44,50-51H,6,9-10,12-13,15-22,27H2,1-5H3,(H,49,56)(H,52,57)/t28?,29-,30?,31?,34?,35?,37?,39?,41?,44?,45?,55?/m0/s1. The minimum atomic E-state index is -0.865. The molecule has 4 aliphatic heterocycles. The molecule has 6 aliphatic rings. The first-order valence-electron chi connectivity index (χ1n) is 22.4. The Bertz CT molecular complexity index is 1930. The van der Waals surface area contributed by atoms with Gasteiger partial charge in [0.15, 0.2) is 17.1 Å². The number of hydroxylamine groups is 3. The highest BCUT2D eigenvalue weighted by molar-refractivity contribution is 6.01. The molecule has 0 radical (unpaired) electrons. The largest absolute Gasteiger partial charge is 0.655 e. The number of benzene rings is 1. The molecule has 5 heterocycles. The molecular weight excluding hydrogens is 761 g/mol. The van der Waals surface area contributed by atoms with Gasteiger partial charge < -0.3 is 24.6 Å². The first-order chi connectivity index (χ1) is 28.9. The first kappa shape index (κ1) is 42.5. The van der Waals surface area contributed by atoms with Crippen LogP contribution in [0.4, 0.5) is 0 Å². The number of aromatic nitrogens is 1. The number of nitrogens with zero attached hydrogens (tertiary/aromatic N) is 6. The maximum Gasteiger partial charge on any atom is 0.356 e. The van der Waals surface area contributed by atoms with Gasteiger partial charge in [0.2, 0.25) is 5.91 Å². The van der Waals surface area contributed by atoms with Crippen LogP contribution < -0.4 is 31.1 Å². The highest BCUT2D eigenvalue weighted by atomic mass is 16.6. The maximum absolute atomic E-state index is 14.2. The fraction of sp³-hybridized carbons (Fsp3) is 0.667. The number of ether oxygens (including phenoxy) is 2. The van der Waals surface area contributed by atoms with E-state index in [4.69, 9.17) is 19.5 Å². The summed E-state index contributed by atoms with van der Waals surface area (Å²) >= 11 is 0. The lowest BCUT2D eigenvalue weighted by Crippen LogP contribution is -2.62. The van der Waals surface area contributed by atoms with Crippen molar-refractivity contribution in [2.24, 2.45) is 22.2 Å². The number of nitroso groups, excluding NO2 is 1. The van der Waals surface area contributed by atoms with E-state index in [2.05, 4.69) is 58.5 Å². The van der Waals surface area contributed by atoms with Gasteiger partial charge in [-0.3, -0.25) is 19.7 Å². The smallest absolute Gasteiger partial charge is 0.356 e. The highest BCUT2D eigenvalue weighted by Crippen LogP contribution is 2.49. The number of hydrogen-bond acceptors (Lipinski definition) is 11. The van der Waals surface area contributed by atoms with Gasteiger partial charge in [0, 0.05) is 44.0 Å². The molecule has 15 nitrogen and oxygen atoms in total. The van der Waals surface area contributed by atoms with E-state index in [1.165, 1.54) is 24.8 Å². The summed E-state index contributed by atoms with van der Waals surface area (Å²) in [4.78, 5) is 39.4. The van der Waals surface area contributed by atoms with E-state index in [1.807, 2.05) is 19.2 Å². The zero-order chi connectivity index (χ0) is 42.2. The molecule has 3 saturated heterocycles. The molecule has 0 bridgehead atoms. The van der Waals surface area contributed by atoms with Crippen molar-refractivity contribution in [2.45, 2.75) is 153 Å². The summed E-state index contributed by atoms with van der Waals surface area (Å²) in [5.41, 5.74) is 13.3. The fourth-order valence-corrected chi connectivity index (χ4v) is 10.9. The molecule has 2 saturated carbocycles. The first-order valence-corrected chi connectivity index (χ1v) is 22.4. The fourth-order valence-electron chi connectivity index (χ4n) is 10.9. The topological polar surface area (TPSA) is 179 Å². The van der Waals surface area contributed by atoms with Crippen LogP contribution in [0.3, 0.4) is 0 Å². The van der Waals surface area contributed by atoms with E-state index in [-0.39, 0.29) is 42.1 Å². The van der Waals surface area contributed by atoms with E-state index >= 15 is 0 Å². The maximum atomic E-state index is 14.2. The Morgan fingerprint density at radius 3 is 2.57 bits per heavy atom. The molecule has 60 heavy (non-hydrogen) atoms. The number of nitrogens with one attached hydrogen (secondary N) is 4. The number of fused-ring (bicyclic) bond motifs is 1. The van der Waals surface area contributed by atoms with Crippen LogP contribution in [0.15, 0.2) is 41.5 Å². The summed E-state index contributed by atoms with van der Waals surface area (Å²) in [7, 11) is 1.55. The number of hydrogen-bond donors (Lipinski definition) is 4. The third-order valence-electron chi connectivity index (χ3n) is 14.9. The molecule has 5 fully saturated rings. The van der Waals surface area contributed by atoms with Crippen molar-refractivity contribution < 1.29 is 23.8 Å². The summed E-state index contributed by atoms with van der Waals surface area (Å²) in [5, 5.41) is 26.7. The van der Waals surface area contributed by atoms with Crippen LogP contribution in [0, 0.1) is 45.2 Å². The monoisotopic (exact) mass is 825 g/mol. The minimum absolute atomic E-state index is 0.0616. The van der Waals surface area contributed by atoms with E-state index in [1.54, 1.807) is 32.7 Å². The zero-order valence-corrected chi connectivity index (χ0v) is 35.9. The number of nitriles is 1. The van der Waals surface area contributed by atoms with Gasteiger partial charge in [-0.1, -0.05) is 43.6 Å². The van der Waals surface area contributed by atoms with Crippen molar-refractivity contribution in [3.05, 3.63) is 70.0 Å². The van der Waals surface area contributed by atoms with Gasteiger partial charge in [0.1, 0.15) is 23.6 Å². The lowest BCUT2D eigenvalue weighted by Gasteiger charge is -2.51. The van der Waals surface area contributed by atoms with E-state index in [0.29, 0.717) is 33.3 Å². The molecule has 4 N–H and O–H groups in total. The van der Waals surface area contributed by atoms with Gasteiger partial charge >= 0.3 is 6.17 Å². The van der Waals surface area contributed by atoms with Crippen molar-refractivity contribution in [2.75, 3.05) is 20.2 Å². The SMILES string of the molecule is CCC(C)C1[CH-][N+]2([O-])C(C)N[N+](=O)C2[C@H](C)N=C1c1ccc(C2CCC3(CC2)CCN(C2CCC(C(=O)NC4CCC(Oc5ccc(C#N)c(OC)c5)CC4)NN2)C3)cn1. The van der Waals surface area contributed by atoms with Crippen LogP contribution in [-0.4, -0.2) is 93.9 Å². The average Bonchev–Trinajstić information content (AvgIpc) is 3.73. The van der Waals surface area contributed by atoms with Gasteiger partial charge in [-0.25, -0.2) is 10.9 Å². The van der Waals surface area contributed by atoms with Gasteiger partial charge in [0.25, 0.3) is 0 Å². The Kier molecular flexibility index (Phi) is 12.5. The molecule has 8 atom stereocenters. The van der Waals surface area contributed by atoms with Crippen LogP contribution in [0.1, 0.15) is 127 Å². The Labute approximate surface area is 354 Å². The Morgan fingerprint density at radius 2 is 1.90 bits per heavy atom. The molecule has 15 heteroatoms. The van der Waals surface area contributed by atoms with Crippen LogP contribution in [0.2, 0.25) is 0 Å². The molecule has 1 aromatic carbocycles. The number of amides is 1. The highest BCUT2D eigenvalue weighted by Gasteiger charge is 2.55. The number of aliphatic imine (C=N–C) groups is 1. The normalized spacial score (nSPS) is 36.3. The Balaban J connectivity index is 0.786. The Morgan fingerprint density at radius 1 is 1.12 bits per heavy atom. The molecule has 2 aliphatic carbocycles. The molecule has 7 unspecified atom stereocenters. The van der Waals surface area contributed by atoms with E-state index in [9.17, 15) is 20.2 Å².